The van der Waals surface area contributed by atoms with E-state index in [0.717, 1.165) is 56.9 Å². The Morgan fingerprint density at radius 1 is 1.38 bits per heavy atom. The van der Waals surface area contributed by atoms with Crippen LogP contribution in [-0.2, 0) is 16.1 Å². The van der Waals surface area contributed by atoms with Crippen molar-refractivity contribution in [2.24, 2.45) is 0 Å². The number of hydrogen-bond donors (Lipinski definition) is 1. The van der Waals surface area contributed by atoms with Crippen LogP contribution in [0.5, 0.6) is 0 Å². The van der Waals surface area contributed by atoms with Crippen molar-refractivity contribution >= 4 is 11.7 Å². The maximum Gasteiger partial charge on any atom is 0.220 e. The third kappa shape index (κ3) is 5.01. The first-order valence-corrected chi connectivity index (χ1v) is 7.84. The number of carbonyl (C=O) groups excluding carboxylic acids is 1. The molecule has 2 rings (SSSR count). The van der Waals surface area contributed by atoms with Gasteiger partial charge >= 0.3 is 0 Å². The number of carbonyl (C=O) groups is 1. The van der Waals surface area contributed by atoms with Crippen molar-refractivity contribution in [2.45, 2.75) is 39.2 Å². The van der Waals surface area contributed by atoms with Crippen LogP contribution in [0, 0.1) is 0 Å². The highest BCUT2D eigenvalue weighted by Crippen LogP contribution is 2.18. The Morgan fingerprint density at radius 2 is 2.19 bits per heavy atom. The zero-order valence-corrected chi connectivity index (χ0v) is 12.8. The van der Waals surface area contributed by atoms with Crippen LogP contribution in [0.25, 0.3) is 0 Å². The van der Waals surface area contributed by atoms with Gasteiger partial charge in [-0.25, -0.2) is 4.98 Å². The van der Waals surface area contributed by atoms with Crippen LogP contribution in [0.4, 0.5) is 5.82 Å². The molecule has 1 fully saturated rings. The molecule has 0 atom stereocenters. The van der Waals surface area contributed by atoms with E-state index in [9.17, 15) is 4.79 Å². The van der Waals surface area contributed by atoms with Gasteiger partial charge < -0.3 is 15.0 Å². The number of hydrogen-bond acceptors (Lipinski definition) is 4. The highest BCUT2D eigenvalue weighted by atomic mass is 16.5. The zero-order chi connectivity index (χ0) is 14.9. The number of amides is 1. The van der Waals surface area contributed by atoms with Gasteiger partial charge in [0.1, 0.15) is 5.82 Å². The Morgan fingerprint density at radius 3 is 2.95 bits per heavy atom. The molecule has 1 amide bonds. The lowest BCUT2D eigenvalue weighted by molar-refractivity contribution is -0.121. The molecule has 21 heavy (non-hydrogen) atoms. The van der Waals surface area contributed by atoms with Gasteiger partial charge in [0.2, 0.25) is 5.91 Å². The van der Waals surface area contributed by atoms with E-state index in [0.29, 0.717) is 13.0 Å². The Labute approximate surface area is 126 Å². The average molecular weight is 291 g/mol. The lowest BCUT2D eigenvalue weighted by Crippen LogP contribution is -2.37. The molecule has 0 bridgehead atoms. The summed E-state index contributed by atoms with van der Waals surface area (Å²) < 4.78 is 5.37. The smallest absolute Gasteiger partial charge is 0.220 e. The predicted octanol–water partition coefficient (Wildman–Crippen LogP) is 2.11. The van der Waals surface area contributed by atoms with Crippen LogP contribution in [0.15, 0.2) is 18.3 Å². The quantitative estimate of drug-likeness (QED) is 0.782. The van der Waals surface area contributed by atoms with Gasteiger partial charge in [-0.05, 0) is 12.5 Å². The molecular weight excluding hydrogens is 266 g/mol. The molecule has 1 aliphatic heterocycles. The van der Waals surface area contributed by atoms with E-state index < -0.39 is 0 Å². The third-order valence-corrected chi connectivity index (χ3v) is 3.66. The summed E-state index contributed by atoms with van der Waals surface area (Å²) in [4.78, 5) is 18.5. The van der Waals surface area contributed by atoms with Crippen molar-refractivity contribution in [3.8, 4) is 0 Å². The number of rotatable bonds is 7. The topological polar surface area (TPSA) is 54.5 Å². The van der Waals surface area contributed by atoms with Crippen LogP contribution in [0.2, 0.25) is 0 Å². The van der Waals surface area contributed by atoms with Crippen molar-refractivity contribution in [1.29, 1.82) is 0 Å². The molecule has 0 aliphatic carbocycles. The fourth-order valence-electron chi connectivity index (χ4n) is 2.45. The molecule has 0 aromatic carbocycles. The van der Waals surface area contributed by atoms with Crippen molar-refractivity contribution in [1.82, 2.24) is 10.3 Å². The van der Waals surface area contributed by atoms with Crippen molar-refractivity contribution in [2.75, 3.05) is 31.2 Å². The van der Waals surface area contributed by atoms with E-state index in [4.69, 9.17) is 4.74 Å². The highest BCUT2D eigenvalue weighted by molar-refractivity contribution is 5.76. The normalized spacial score (nSPS) is 15.0. The predicted molar refractivity (Wildman–Crippen MR) is 83.3 cm³/mol. The molecule has 0 unspecified atom stereocenters. The number of aromatic nitrogens is 1. The lowest BCUT2D eigenvalue weighted by Gasteiger charge is -2.29. The third-order valence-electron chi connectivity index (χ3n) is 3.66. The van der Waals surface area contributed by atoms with E-state index in [1.54, 1.807) is 6.20 Å². The van der Waals surface area contributed by atoms with Crippen molar-refractivity contribution in [3.63, 3.8) is 0 Å². The summed E-state index contributed by atoms with van der Waals surface area (Å²) in [7, 11) is 0. The van der Waals surface area contributed by atoms with Crippen LogP contribution < -0.4 is 10.2 Å². The molecule has 0 saturated carbocycles. The van der Waals surface area contributed by atoms with Gasteiger partial charge in [-0.3, -0.25) is 4.79 Å². The summed E-state index contributed by atoms with van der Waals surface area (Å²) in [5, 5.41) is 3.00. The molecule has 0 radical (unpaired) electrons. The monoisotopic (exact) mass is 291 g/mol. The fraction of sp³-hybridized carbons (Fsp3) is 0.625. The largest absolute Gasteiger partial charge is 0.378 e. The van der Waals surface area contributed by atoms with Gasteiger partial charge in [-0.2, -0.15) is 0 Å². The van der Waals surface area contributed by atoms with Crippen molar-refractivity contribution in [3.05, 3.63) is 23.9 Å². The van der Waals surface area contributed by atoms with Crippen LogP contribution in [0.1, 0.15) is 38.2 Å². The summed E-state index contributed by atoms with van der Waals surface area (Å²) in [5.41, 5.74) is 1.07. The van der Waals surface area contributed by atoms with Gasteiger partial charge in [-0.15, -0.1) is 0 Å². The number of unbranched alkanes of at least 4 members (excludes halogenated alkanes) is 2. The minimum atomic E-state index is 0.125. The second-order valence-corrected chi connectivity index (χ2v) is 5.32. The van der Waals surface area contributed by atoms with Crippen LogP contribution in [-0.4, -0.2) is 37.2 Å². The molecule has 5 nitrogen and oxygen atoms in total. The minimum Gasteiger partial charge on any atom is -0.378 e. The Hall–Kier alpha value is -1.62. The second-order valence-electron chi connectivity index (χ2n) is 5.32. The van der Waals surface area contributed by atoms with E-state index in [-0.39, 0.29) is 5.91 Å². The summed E-state index contributed by atoms with van der Waals surface area (Å²) in [6.45, 7) is 5.87. The summed E-state index contributed by atoms with van der Waals surface area (Å²) >= 11 is 0. The van der Waals surface area contributed by atoms with Gasteiger partial charge in [0, 0.05) is 37.8 Å². The van der Waals surface area contributed by atoms with Gasteiger partial charge in [0.05, 0.1) is 13.2 Å². The SMILES string of the molecule is CCCCCC(=O)NCc1cccnc1N1CCOCC1. The van der Waals surface area contributed by atoms with E-state index in [1.165, 1.54) is 0 Å². The number of nitrogens with one attached hydrogen (secondary N) is 1. The molecule has 1 aromatic rings. The minimum absolute atomic E-state index is 0.125. The molecule has 1 saturated heterocycles. The van der Waals surface area contributed by atoms with Crippen molar-refractivity contribution < 1.29 is 9.53 Å². The Balaban J connectivity index is 1.89. The van der Waals surface area contributed by atoms with E-state index >= 15 is 0 Å². The summed E-state index contributed by atoms with van der Waals surface area (Å²) in [6, 6.07) is 3.95. The number of pyridine rings is 1. The molecule has 0 spiro atoms. The molecule has 2 heterocycles. The molecule has 1 aromatic heterocycles. The van der Waals surface area contributed by atoms with E-state index in [1.807, 2.05) is 12.1 Å². The van der Waals surface area contributed by atoms with Gasteiger partial charge in [0.25, 0.3) is 0 Å². The summed E-state index contributed by atoms with van der Waals surface area (Å²) in [6.07, 6.45) is 5.63. The number of anilines is 1. The molecule has 5 heteroatoms. The van der Waals surface area contributed by atoms with Crippen LogP contribution >= 0.6 is 0 Å². The zero-order valence-electron chi connectivity index (χ0n) is 12.8. The molecular formula is C16H25N3O2. The molecule has 116 valence electrons. The number of ether oxygens (including phenoxy) is 1. The number of nitrogens with zero attached hydrogens (tertiary/aromatic N) is 2. The first-order valence-electron chi connectivity index (χ1n) is 7.84. The van der Waals surface area contributed by atoms with Gasteiger partial charge in [-0.1, -0.05) is 25.8 Å². The maximum absolute atomic E-state index is 11.8. The van der Waals surface area contributed by atoms with Gasteiger partial charge in [0.15, 0.2) is 0 Å². The molecule has 1 N–H and O–H groups in total. The Bertz CT molecular complexity index is 445. The first-order chi connectivity index (χ1) is 10.3. The second kappa shape index (κ2) is 8.62. The maximum atomic E-state index is 11.8. The van der Waals surface area contributed by atoms with Crippen LogP contribution in [0.3, 0.4) is 0 Å². The number of morpholine rings is 1. The lowest BCUT2D eigenvalue weighted by atomic mass is 10.2. The first kappa shape index (κ1) is 15.8. The summed E-state index contributed by atoms with van der Waals surface area (Å²) in [5.74, 6) is 1.09. The Kier molecular flexibility index (Phi) is 6.47. The molecule has 1 aliphatic rings. The van der Waals surface area contributed by atoms with E-state index in [2.05, 4.69) is 22.1 Å². The average Bonchev–Trinajstić information content (AvgIpc) is 2.54. The highest BCUT2D eigenvalue weighted by Gasteiger charge is 2.15. The standard InChI is InChI=1S/C16H25N3O2/c1-2-3-4-7-15(20)18-13-14-6-5-8-17-16(14)19-9-11-21-12-10-19/h5-6,8H,2-4,7,9-13H2,1H3,(H,18,20). The fourth-order valence-corrected chi connectivity index (χ4v) is 2.45.